The second kappa shape index (κ2) is 4.79. The molecule has 0 amide bonds. The van der Waals surface area contributed by atoms with Crippen LogP contribution in [0.2, 0.25) is 0 Å². The van der Waals surface area contributed by atoms with Crippen molar-refractivity contribution < 1.29 is 4.74 Å². The maximum absolute atomic E-state index is 6.07. The molecule has 2 N–H and O–H groups in total. The van der Waals surface area contributed by atoms with Gasteiger partial charge in [-0.1, -0.05) is 0 Å². The number of methoxy groups -OCH3 is 1. The van der Waals surface area contributed by atoms with Crippen LogP contribution in [0, 0.1) is 6.92 Å². The Morgan fingerprint density at radius 3 is 2.70 bits per heavy atom. The van der Waals surface area contributed by atoms with E-state index in [-0.39, 0.29) is 6.04 Å². The number of pyridine rings is 1. The van der Waals surface area contributed by atoms with Crippen LogP contribution in [0.15, 0.2) is 24.3 Å². The Balaban J connectivity index is 2.16. The maximum Gasteiger partial charge on any atom is 0.215 e. The van der Waals surface area contributed by atoms with Crippen molar-refractivity contribution in [3.05, 3.63) is 34.0 Å². The van der Waals surface area contributed by atoms with Gasteiger partial charge in [-0.15, -0.1) is 11.3 Å². The van der Waals surface area contributed by atoms with Crippen LogP contribution in [-0.2, 0) is 0 Å². The second-order valence-corrected chi connectivity index (χ2v) is 5.98. The predicted molar refractivity (Wildman–Crippen MR) is 81.4 cm³/mol. The molecule has 0 radical (unpaired) electrons. The van der Waals surface area contributed by atoms with Gasteiger partial charge in [0.15, 0.2) is 5.65 Å². The minimum Gasteiger partial charge on any atom is -0.481 e. The molecule has 0 aliphatic rings. The van der Waals surface area contributed by atoms with E-state index in [1.807, 2.05) is 10.6 Å². The molecule has 104 valence electrons. The second-order valence-electron chi connectivity index (χ2n) is 4.66. The predicted octanol–water partition coefficient (Wildman–Crippen LogP) is 3.00. The van der Waals surface area contributed by atoms with Crippen molar-refractivity contribution in [2.45, 2.75) is 19.9 Å². The largest absolute Gasteiger partial charge is 0.481 e. The number of nitrogens with two attached hydrogens (primary N) is 1. The molecule has 3 aromatic rings. The monoisotopic (exact) mass is 288 g/mol. The van der Waals surface area contributed by atoms with Gasteiger partial charge in [-0.25, -0.2) is 4.98 Å². The summed E-state index contributed by atoms with van der Waals surface area (Å²) in [7, 11) is 1.60. The molecule has 1 unspecified atom stereocenters. The first-order valence-corrected chi connectivity index (χ1v) is 7.16. The van der Waals surface area contributed by atoms with E-state index in [1.54, 1.807) is 24.5 Å². The number of hydrogen-bond acceptors (Lipinski definition) is 5. The molecule has 0 aliphatic heterocycles. The summed E-state index contributed by atoms with van der Waals surface area (Å²) in [6, 6.07) is 7.99. The van der Waals surface area contributed by atoms with E-state index in [1.165, 1.54) is 9.75 Å². The van der Waals surface area contributed by atoms with Crippen LogP contribution < -0.4 is 10.5 Å². The Hall–Kier alpha value is -2.08. The molecule has 0 aliphatic carbocycles. The summed E-state index contributed by atoms with van der Waals surface area (Å²) in [6.07, 6.45) is 0. The Morgan fingerprint density at radius 1 is 1.25 bits per heavy atom. The smallest absolute Gasteiger partial charge is 0.215 e. The average molecular weight is 288 g/mol. The van der Waals surface area contributed by atoms with Gasteiger partial charge < -0.3 is 10.5 Å². The summed E-state index contributed by atoms with van der Waals surface area (Å²) in [5, 5.41) is 0. The Labute approximate surface area is 121 Å². The van der Waals surface area contributed by atoms with Gasteiger partial charge in [0.05, 0.1) is 13.2 Å². The summed E-state index contributed by atoms with van der Waals surface area (Å²) in [6.45, 7) is 4.20. The summed E-state index contributed by atoms with van der Waals surface area (Å²) in [5.74, 6) is 1.03. The van der Waals surface area contributed by atoms with Gasteiger partial charge in [-0.3, -0.25) is 4.57 Å². The van der Waals surface area contributed by atoms with Gasteiger partial charge in [-0.05, 0) is 32.0 Å². The molecule has 1 atom stereocenters. The molecule has 3 heterocycles. The fourth-order valence-corrected chi connectivity index (χ4v) is 3.19. The molecule has 0 saturated heterocycles. The molecule has 5 nitrogen and oxygen atoms in total. The number of nitrogens with zero attached hydrogens (tertiary/aromatic N) is 3. The van der Waals surface area contributed by atoms with Crippen molar-refractivity contribution in [2.75, 3.05) is 12.8 Å². The Bertz CT molecular complexity index is 762. The number of hydrogen-bond donors (Lipinski definition) is 1. The zero-order chi connectivity index (χ0) is 14.3. The van der Waals surface area contributed by atoms with Crippen molar-refractivity contribution in [3.8, 4) is 5.88 Å². The Morgan fingerprint density at radius 2 is 2.05 bits per heavy atom. The van der Waals surface area contributed by atoms with Gasteiger partial charge in [0.1, 0.15) is 5.52 Å². The first-order valence-electron chi connectivity index (χ1n) is 6.35. The lowest BCUT2D eigenvalue weighted by molar-refractivity contribution is 0.399. The van der Waals surface area contributed by atoms with E-state index < -0.39 is 0 Å². The van der Waals surface area contributed by atoms with E-state index in [0.717, 1.165) is 11.2 Å². The first-order chi connectivity index (χ1) is 9.60. The number of thiophene rings is 1. The highest BCUT2D eigenvalue weighted by atomic mass is 32.1. The van der Waals surface area contributed by atoms with Gasteiger partial charge >= 0.3 is 0 Å². The van der Waals surface area contributed by atoms with Crippen molar-refractivity contribution >= 4 is 28.4 Å². The van der Waals surface area contributed by atoms with Crippen molar-refractivity contribution in [1.82, 2.24) is 14.5 Å². The number of nitrogen functional groups attached to an aromatic ring is 1. The van der Waals surface area contributed by atoms with E-state index >= 15 is 0 Å². The van der Waals surface area contributed by atoms with Crippen LogP contribution in [0.25, 0.3) is 11.2 Å². The molecule has 0 bridgehead atoms. The standard InChI is InChI=1S/C14H16N4OS/c1-8-4-6-11(20-8)9(2)18-13-10(16-14(18)15)5-7-12(17-13)19-3/h4-7,9H,1-3H3,(H2,15,16). The normalized spacial score (nSPS) is 12.8. The molecule has 20 heavy (non-hydrogen) atoms. The third-order valence-electron chi connectivity index (χ3n) is 3.31. The van der Waals surface area contributed by atoms with Gasteiger partial charge in [0, 0.05) is 15.8 Å². The Kier molecular flexibility index (Phi) is 3.10. The molecular weight excluding hydrogens is 272 g/mol. The van der Waals surface area contributed by atoms with Crippen molar-refractivity contribution in [1.29, 1.82) is 0 Å². The lowest BCUT2D eigenvalue weighted by atomic mass is 10.2. The van der Waals surface area contributed by atoms with Crippen LogP contribution in [0.3, 0.4) is 0 Å². The lowest BCUT2D eigenvalue weighted by Gasteiger charge is -2.14. The number of aryl methyl sites for hydroxylation is 1. The van der Waals surface area contributed by atoms with Crippen LogP contribution in [0.4, 0.5) is 5.95 Å². The highest BCUT2D eigenvalue weighted by molar-refractivity contribution is 7.12. The van der Waals surface area contributed by atoms with E-state index in [2.05, 4.69) is 35.9 Å². The molecule has 3 aromatic heterocycles. The van der Waals surface area contributed by atoms with Crippen LogP contribution >= 0.6 is 11.3 Å². The number of imidazole rings is 1. The quantitative estimate of drug-likeness (QED) is 0.804. The topological polar surface area (TPSA) is 66.0 Å². The maximum atomic E-state index is 6.07. The first kappa shape index (κ1) is 12.9. The highest BCUT2D eigenvalue weighted by Crippen LogP contribution is 2.31. The number of aromatic nitrogens is 3. The molecule has 0 fully saturated rings. The number of rotatable bonds is 3. The van der Waals surface area contributed by atoms with Crippen molar-refractivity contribution in [3.63, 3.8) is 0 Å². The lowest BCUT2D eigenvalue weighted by Crippen LogP contribution is -2.09. The van der Waals surface area contributed by atoms with Crippen LogP contribution in [0.1, 0.15) is 22.7 Å². The van der Waals surface area contributed by atoms with Gasteiger partial charge in [0.25, 0.3) is 0 Å². The molecule has 0 saturated carbocycles. The van der Waals surface area contributed by atoms with Crippen LogP contribution in [0.5, 0.6) is 5.88 Å². The fraction of sp³-hybridized carbons (Fsp3) is 0.286. The molecule has 6 heteroatoms. The number of ether oxygens (including phenoxy) is 1. The summed E-state index contributed by atoms with van der Waals surface area (Å²) < 4.78 is 7.13. The molecule has 0 spiro atoms. The number of anilines is 1. The third-order valence-corrected chi connectivity index (χ3v) is 4.48. The van der Waals surface area contributed by atoms with E-state index in [0.29, 0.717) is 11.8 Å². The van der Waals surface area contributed by atoms with E-state index in [4.69, 9.17) is 10.5 Å². The number of fused-ring (bicyclic) bond motifs is 1. The molecule has 0 aromatic carbocycles. The molecule has 3 rings (SSSR count). The van der Waals surface area contributed by atoms with Crippen LogP contribution in [-0.4, -0.2) is 21.6 Å². The summed E-state index contributed by atoms with van der Waals surface area (Å²) >= 11 is 1.76. The summed E-state index contributed by atoms with van der Waals surface area (Å²) in [5.41, 5.74) is 7.60. The van der Waals surface area contributed by atoms with Crippen molar-refractivity contribution in [2.24, 2.45) is 0 Å². The minimum absolute atomic E-state index is 0.0957. The van der Waals surface area contributed by atoms with Gasteiger partial charge in [0.2, 0.25) is 11.8 Å². The van der Waals surface area contributed by atoms with Gasteiger partial charge in [-0.2, -0.15) is 4.98 Å². The zero-order valence-electron chi connectivity index (χ0n) is 11.6. The SMILES string of the molecule is COc1ccc2nc(N)n(C(C)c3ccc(C)s3)c2n1. The zero-order valence-corrected chi connectivity index (χ0v) is 12.4. The highest BCUT2D eigenvalue weighted by Gasteiger charge is 2.18. The fourth-order valence-electron chi connectivity index (χ4n) is 2.27. The average Bonchev–Trinajstić information content (AvgIpc) is 3.00. The minimum atomic E-state index is 0.0957. The summed E-state index contributed by atoms with van der Waals surface area (Å²) in [4.78, 5) is 11.4. The third kappa shape index (κ3) is 2.02. The molecular formula is C14H16N4OS. The van der Waals surface area contributed by atoms with E-state index in [9.17, 15) is 0 Å².